The van der Waals surface area contributed by atoms with Gasteiger partial charge in [0, 0.05) is 5.69 Å². The van der Waals surface area contributed by atoms with Crippen LogP contribution >= 0.6 is 0 Å². The Morgan fingerprint density at radius 2 is 2.42 bits per heavy atom. The van der Waals surface area contributed by atoms with E-state index >= 15 is 0 Å². The molecular formula is C13H15N3O3. The van der Waals surface area contributed by atoms with Gasteiger partial charge >= 0.3 is 5.97 Å². The van der Waals surface area contributed by atoms with E-state index < -0.39 is 0 Å². The fraction of sp³-hybridized carbons (Fsp3) is 0.462. The molecule has 19 heavy (non-hydrogen) atoms. The van der Waals surface area contributed by atoms with Crippen molar-refractivity contribution in [2.24, 2.45) is 5.92 Å². The zero-order valence-corrected chi connectivity index (χ0v) is 10.7. The first-order valence-electron chi connectivity index (χ1n) is 6.44. The SMILES string of the molecule is CCOC(=O)C1CCc2[nH]c3nc[nH]c(=O)c3c2C1. The van der Waals surface area contributed by atoms with Crippen LogP contribution in [-0.4, -0.2) is 27.5 Å². The average Bonchev–Trinajstić information content (AvgIpc) is 2.77. The highest BCUT2D eigenvalue weighted by molar-refractivity contribution is 5.82. The predicted molar refractivity (Wildman–Crippen MR) is 68.9 cm³/mol. The van der Waals surface area contributed by atoms with E-state index in [1.807, 2.05) is 0 Å². The maximum Gasteiger partial charge on any atom is 0.309 e. The second-order valence-corrected chi connectivity index (χ2v) is 4.73. The third-order valence-electron chi connectivity index (χ3n) is 3.60. The van der Waals surface area contributed by atoms with Crippen molar-refractivity contribution in [3.63, 3.8) is 0 Å². The summed E-state index contributed by atoms with van der Waals surface area (Å²) >= 11 is 0. The molecule has 6 nitrogen and oxygen atoms in total. The van der Waals surface area contributed by atoms with Crippen LogP contribution in [-0.2, 0) is 22.4 Å². The van der Waals surface area contributed by atoms with Crippen LogP contribution in [0.5, 0.6) is 0 Å². The predicted octanol–water partition coefficient (Wildman–Crippen LogP) is 0.919. The van der Waals surface area contributed by atoms with Gasteiger partial charge in [-0.2, -0.15) is 0 Å². The van der Waals surface area contributed by atoms with Gasteiger partial charge in [-0.05, 0) is 31.7 Å². The van der Waals surface area contributed by atoms with Gasteiger partial charge in [-0.3, -0.25) is 9.59 Å². The fourth-order valence-electron chi connectivity index (χ4n) is 2.71. The van der Waals surface area contributed by atoms with Crippen molar-refractivity contribution in [3.8, 4) is 0 Å². The number of hydrogen-bond donors (Lipinski definition) is 2. The topological polar surface area (TPSA) is 87.8 Å². The second kappa shape index (κ2) is 4.53. The number of carbonyl (C=O) groups is 1. The molecule has 1 unspecified atom stereocenters. The second-order valence-electron chi connectivity index (χ2n) is 4.73. The van der Waals surface area contributed by atoms with Crippen molar-refractivity contribution in [2.75, 3.05) is 6.61 Å². The number of ether oxygens (including phenoxy) is 1. The van der Waals surface area contributed by atoms with E-state index in [9.17, 15) is 9.59 Å². The van der Waals surface area contributed by atoms with E-state index in [4.69, 9.17) is 4.74 Å². The van der Waals surface area contributed by atoms with E-state index in [1.54, 1.807) is 6.92 Å². The maximum atomic E-state index is 11.9. The molecular weight excluding hydrogens is 246 g/mol. The van der Waals surface area contributed by atoms with E-state index in [0.29, 0.717) is 24.1 Å². The summed E-state index contributed by atoms with van der Waals surface area (Å²) < 4.78 is 5.06. The first kappa shape index (κ1) is 12.0. The highest BCUT2D eigenvalue weighted by Crippen LogP contribution is 2.29. The number of aryl methyl sites for hydroxylation is 1. The van der Waals surface area contributed by atoms with Crippen LogP contribution in [0.1, 0.15) is 24.6 Å². The van der Waals surface area contributed by atoms with Gasteiger partial charge < -0.3 is 14.7 Å². The zero-order chi connectivity index (χ0) is 13.4. The van der Waals surface area contributed by atoms with Crippen LogP contribution in [0.3, 0.4) is 0 Å². The monoisotopic (exact) mass is 261 g/mol. The molecule has 0 amide bonds. The van der Waals surface area contributed by atoms with Gasteiger partial charge in [0.2, 0.25) is 0 Å². The van der Waals surface area contributed by atoms with Crippen LogP contribution < -0.4 is 5.56 Å². The largest absolute Gasteiger partial charge is 0.466 e. The van der Waals surface area contributed by atoms with Gasteiger partial charge in [0.15, 0.2) is 0 Å². The molecule has 0 spiro atoms. The Kier molecular flexibility index (Phi) is 2.85. The van der Waals surface area contributed by atoms with Crippen molar-refractivity contribution in [1.29, 1.82) is 0 Å². The van der Waals surface area contributed by atoms with Crippen LogP contribution in [0.4, 0.5) is 0 Å². The van der Waals surface area contributed by atoms with E-state index in [1.165, 1.54) is 6.33 Å². The molecule has 2 aromatic heterocycles. The number of hydrogen-bond acceptors (Lipinski definition) is 4. The number of rotatable bonds is 2. The van der Waals surface area contributed by atoms with Gasteiger partial charge in [0.05, 0.1) is 24.2 Å². The summed E-state index contributed by atoms with van der Waals surface area (Å²) in [6.45, 7) is 2.19. The van der Waals surface area contributed by atoms with Crippen molar-refractivity contribution in [2.45, 2.75) is 26.2 Å². The Bertz CT molecular complexity index is 686. The number of H-pyrrole nitrogens is 2. The van der Waals surface area contributed by atoms with Gasteiger partial charge in [-0.25, -0.2) is 4.98 Å². The summed E-state index contributed by atoms with van der Waals surface area (Å²) in [7, 11) is 0. The molecule has 0 aromatic carbocycles. The van der Waals surface area contributed by atoms with E-state index in [-0.39, 0.29) is 17.4 Å². The Labute approximate surface area is 109 Å². The third-order valence-corrected chi connectivity index (χ3v) is 3.60. The normalized spacial score (nSPS) is 18.3. The molecule has 1 aliphatic carbocycles. The van der Waals surface area contributed by atoms with Crippen molar-refractivity contribution in [3.05, 3.63) is 27.9 Å². The Morgan fingerprint density at radius 3 is 3.21 bits per heavy atom. The quantitative estimate of drug-likeness (QED) is 0.787. The fourth-order valence-corrected chi connectivity index (χ4v) is 2.71. The lowest BCUT2D eigenvalue weighted by atomic mass is 9.87. The first-order chi connectivity index (χ1) is 9.20. The molecule has 2 heterocycles. The van der Waals surface area contributed by atoms with E-state index in [0.717, 1.165) is 24.1 Å². The molecule has 0 saturated heterocycles. The summed E-state index contributed by atoms with van der Waals surface area (Å²) in [5.41, 5.74) is 2.36. The first-order valence-corrected chi connectivity index (χ1v) is 6.44. The van der Waals surface area contributed by atoms with Gasteiger partial charge in [-0.15, -0.1) is 0 Å². The Balaban J connectivity index is 2.02. The minimum Gasteiger partial charge on any atom is -0.466 e. The summed E-state index contributed by atoms with van der Waals surface area (Å²) in [6, 6.07) is 0. The maximum absolute atomic E-state index is 11.9. The lowest BCUT2D eigenvalue weighted by molar-refractivity contribution is -0.148. The minimum atomic E-state index is -0.178. The summed E-state index contributed by atoms with van der Waals surface area (Å²) in [5, 5.41) is 0.575. The van der Waals surface area contributed by atoms with Crippen LogP contribution in [0.2, 0.25) is 0 Å². The lowest BCUT2D eigenvalue weighted by Crippen LogP contribution is -2.25. The number of aromatic nitrogens is 3. The molecule has 0 bridgehead atoms. The number of esters is 1. The van der Waals surface area contributed by atoms with Gasteiger partial charge in [-0.1, -0.05) is 0 Å². The summed E-state index contributed by atoms with van der Waals surface area (Å²) in [5.74, 6) is -0.339. The standard InChI is InChI=1S/C13H15N3O3/c1-2-19-13(18)7-3-4-9-8(5-7)10-11(16-9)14-6-15-12(10)17/h6-7H,2-5H2,1H3,(H2,14,15,16,17). The molecule has 0 fully saturated rings. The highest BCUT2D eigenvalue weighted by atomic mass is 16.5. The number of carbonyl (C=O) groups excluding carboxylic acids is 1. The third kappa shape index (κ3) is 1.93. The molecule has 1 atom stereocenters. The average molecular weight is 261 g/mol. The van der Waals surface area contributed by atoms with E-state index in [2.05, 4.69) is 15.0 Å². The Hall–Kier alpha value is -2.11. The molecule has 2 N–H and O–H groups in total. The highest BCUT2D eigenvalue weighted by Gasteiger charge is 2.29. The molecule has 0 aliphatic heterocycles. The lowest BCUT2D eigenvalue weighted by Gasteiger charge is -2.20. The van der Waals surface area contributed by atoms with Crippen molar-refractivity contribution >= 4 is 17.0 Å². The molecule has 3 rings (SSSR count). The molecule has 0 saturated carbocycles. The van der Waals surface area contributed by atoms with Crippen LogP contribution in [0, 0.1) is 5.92 Å². The molecule has 0 radical (unpaired) electrons. The number of nitrogens with one attached hydrogen (secondary N) is 2. The molecule has 1 aliphatic rings. The number of nitrogens with zero attached hydrogens (tertiary/aromatic N) is 1. The molecule has 100 valence electrons. The minimum absolute atomic E-state index is 0.160. The molecule has 2 aromatic rings. The number of fused-ring (bicyclic) bond motifs is 3. The summed E-state index contributed by atoms with van der Waals surface area (Å²) in [4.78, 5) is 33.6. The van der Waals surface area contributed by atoms with Crippen LogP contribution in [0.15, 0.2) is 11.1 Å². The van der Waals surface area contributed by atoms with Crippen molar-refractivity contribution < 1.29 is 9.53 Å². The summed E-state index contributed by atoms with van der Waals surface area (Å²) in [6.07, 6.45) is 3.42. The van der Waals surface area contributed by atoms with Gasteiger partial charge in [0.1, 0.15) is 5.65 Å². The van der Waals surface area contributed by atoms with Gasteiger partial charge in [0.25, 0.3) is 5.56 Å². The zero-order valence-electron chi connectivity index (χ0n) is 10.7. The number of aromatic amines is 2. The Morgan fingerprint density at radius 1 is 1.58 bits per heavy atom. The molecule has 6 heteroatoms. The van der Waals surface area contributed by atoms with Crippen LogP contribution in [0.25, 0.3) is 11.0 Å². The smallest absolute Gasteiger partial charge is 0.309 e. The van der Waals surface area contributed by atoms with Crippen molar-refractivity contribution in [1.82, 2.24) is 15.0 Å².